The second-order valence-electron chi connectivity index (χ2n) is 24.2. The maximum Gasteiger partial charge on any atom is 0.160 e. The Morgan fingerprint density at radius 3 is 2.53 bits per heavy atom. The topological polar surface area (TPSA) is 243 Å². The summed E-state index contributed by atoms with van der Waals surface area (Å²) in [4.78, 5) is 32.1. The number of carbonyl (C=O) groups excluding carboxylic acids is 2. The first-order valence-electron chi connectivity index (χ1n) is 29.1. The number of aromatic nitrogens is 1. The van der Waals surface area contributed by atoms with Crippen molar-refractivity contribution >= 4 is 22.3 Å². The summed E-state index contributed by atoms with van der Waals surface area (Å²) in [6.07, 6.45) is 3.38. The van der Waals surface area contributed by atoms with Crippen LogP contribution in [0.25, 0.3) is 10.8 Å². The number of methoxy groups -OCH3 is 1. The van der Waals surface area contributed by atoms with Gasteiger partial charge in [-0.2, -0.15) is 0 Å². The number of phenols is 1. The highest BCUT2D eigenvalue weighted by Gasteiger charge is 2.63. The molecular weight excluding hydrogens is 983 g/mol. The van der Waals surface area contributed by atoms with E-state index in [2.05, 4.69) is 83.0 Å². The van der Waals surface area contributed by atoms with Crippen LogP contribution in [0.15, 0.2) is 89.9 Å². The first kappa shape index (κ1) is 54.5. The van der Waals surface area contributed by atoms with Crippen LogP contribution >= 0.6 is 0 Å². The summed E-state index contributed by atoms with van der Waals surface area (Å²) in [6, 6.07) is 20.1. The number of allylic oxidation sites excluding steroid dienone is 2. The molecule has 0 unspecified atom stereocenters. The van der Waals surface area contributed by atoms with Crippen LogP contribution in [-0.2, 0) is 16.0 Å². The summed E-state index contributed by atoms with van der Waals surface area (Å²) in [5, 5.41) is 82.8. The second kappa shape index (κ2) is 22.6. The number of aromatic amines is 1. The predicted octanol–water partition coefficient (Wildman–Crippen LogP) is 6.65. The molecule has 1 spiro atoms. The molecule has 1 aromatic heterocycles. The fourth-order valence-corrected chi connectivity index (χ4v) is 16.7. The zero-order valence-electron chi connectivity index (χ0n) is 45.5. The number of aryl methyl sites for hydroxylation is 1. The highest BCUT2D eigenvalue weighted by molar-refractivity contribution is 5.89. The van der Waals surface area contributed by atoms with Gasteiger partial charge in [-0.1, -0.05) is 68.2 Å². The minimum Gasteiger partial charge on any atom is -0.504 e. The highest BCUT2D eigenvalue weighted by atomic mass is 16.5. The first-order valence-corrected chi connectivity index (χ1v) is 29.1. The molecule has 5 aliphatic carbocycles. The number of piperidine rings is 1. The molecule has 0 amide bonds. The van der Waals surface area contributed by atoms with Gasteiger partial charge in [0, 0.05) is 61.5 Å². The van der Waals surface area contributed by atoms with E-state index < -0.39 is 35.9 Å². The Bertz CT molecular complexity index is 3010. The lowest BCUT2D eigenvalue weighted by atomic mass is 9.43. The largest absolute Gasteiger partial charge is 0.504 e. The summed E-state index contributed by atoms with van der Waals surface area (Å²) in [5.41, 5.74) is 12.0. The number of H-pyrrole nitrogens is 1. The number of phenolic OH excluding ortho intramolecular Hbond substituents is 1. The number of hydrogen-bond donors (Lipinski definition) is 11. The number of nitrogens with two attached hydrogens (primary N) is 1. The number of Topliss-reactive ketones (excluding diaryl/α,β-unsaturated/α-hetero) is 2. The van der Waals surface area contributed by atoms with Crippen molar-refractivity contribution in [1.29, 1.82) is 0 Å². The number of hydrogen-bond acceptors (Lipinski definition) is 13. The number of aliphatic hydroxyl groups is 5. The van der Waals surface area contributed by atoms with Gasteiger partial charge in [0.1, 0.15) is 11.2 Å². The van der Waals surface area contributed by atoms with Crippen molar-refractivity contribution in [2.24, 2.45) is 52.6 Å². The van der Waals surface area contributed by atoms with Crippen LogP contribution in [0, 0.1) is 58.7 Å². The van der Waals surface area contributed by atoms with E-state index in [-0.39, 0.29) is 115 Å². The molecule has 7 aliphatic rings. The van der Waals surface area contributed by atoms with E-state index in [0.717, 1.165) is 59.1 Å². The molecule has 3 saturated carbocycles. The molecule has 0 bridgehead atoms. The molecular formula is C64H81N5O9. The summed E-state index contributed by atoms with van der Waals surface area (Å²) in [6.45, 7) is 7.05. The number of aliphatic hydroxyl groups excluding tert-OH is 4. The molecule has 14 nitrogen and oxygen atoms in total. The second-order valence-corrected chi connectivity index (χ2v) is 24.2. The lowest BCUT2D eigenvalue weighted by Gasteiger charge is -2.64. The Hall–Kier alpha value is -5.50. The van der Waals surface area contributed by atoms with Gasteiger partial charge in [-0.05, 0) is 193 Å². The number of carbonyl (C=O) groups is 2. The Morgan fingerprint density at radius 1 is 0.936 bits per heavy atom. The van der Waals surface area contributed by atoms with Crippen LogP contribution < -0.4 is 26.4 Å². The molecule has 0 radical (unpaired) electrons. The third-order valence-corrected chi connectivity index (χ3v) is 20.3. The van der Waals surface area contributed by atoms with Gasteiger partial charge in [0.15, 0.2) is 23.6 Å². The van der Waals surface area contributed by atoms with E-state index in [1.165, 1.54) is 18.4 Å². The number of rotatable bonds is 16. The van der Waals surface area contributed by atoms with E-state index in [4.69, 9.17) is 10.5 Å². The Balaban J connectivity index is 0.923. The monoisotopic (exact) mass is 1060 g/mol. The standard InChI is InChI=1S/C64H81N5O9/c1-4-34-31-69-57(65)30-46(34)45(37-11-10-35-8-6-7-9-36(35)22-37)29-52(72)51(71)23-39-16-19-64(55(74)14-12-38-24-54(78-3)53(73)28-44(38)39)20-17-40(25-56(64)75)59-42(13-15-58(76)77)48-33-68-50-27-41(70)26-47-43-18-21-67-63(43)62(61(48)60(47)50)49(59)32-66-5-2/h6-11,18,21-22,24,28,30,39-40,42,45,47-52,56,58-62,66-69,71-73,75-77H,4-5,12-15,17,20,23,25-27,29,31-33,65H2,1-3H3/t39-,40+,42-,45-,47-,48+,49-,50-,51+,52-,56-,59+,60+,61+,62+,64-/m1/s1. The smallest absolute Gasteiger partial charge is 0.160 e. The SMILES string of the molecule is CCNC[C@H]1[C@@H]2c3[nH]ccc3[C@H]3CC(=O)C[C@H]4NC[C@@H]([C@@H](CCC(O)O)[C@@H]1[C@H]1CC[C@@]5(C#C[C@H](C[C@H](O)[C@H](O)C[C@@H](C6=C(CC)CNC(N)=C6)c6ccc7ccccc7c6)c6cc(O)c(OC)cc6CCC5=O)[C@H](O)C1)[C@H]2[C@@H]34. The van der Waals surface area contributed by atoms with Gasteiger partial charge in [-0.3, -0.25) is 9.59 Å². The molecule has 12 N–H and O–H groups in total. The molecule has 2 aliphatic heterocycles. The van der Waals surface area contributed by atoms with Crippen LogP contribution in [0.1, 0.15) is 136 Å². The van der Waals surface area contributed by atoms with E-state index in [1.54, 1.807) is 12.1 Å². The molecule has 78 heavy (non-hydrogen) atoms. The maximum atomic E-state index is 15.1. The van der Waals surface area contributed by atoms with Crippen LogP contribution in [-0.4, -0.2) is 111 Å². The Kier molecular flexibility index (Phi) is 15.8. The zero-order chi connectivity index (χ0) is 54.6. The molecule has 416 valence electrons. The maximum absolute atomic E-state index is 15.1. The lowest BCUT2D eigenvalue weighted by molar-refractivity contribution is -0.142. The number of dihydropyridines is 1. The van der Waals surface area contributed by atoms with Gasteiger partial charge in [0.05, 0.1) is 31.2 Å². The fraction of sp³-hybridized carbons (Fsp3) is 0.562. The Morgan fingerprint density at radius 2 is 1.76 bits per heavy atom. The molecule has 1 saturated heterocycles. The number of fused-ring (bicyclic) bond motifs is 5. The van der Waals surface area contributed by atoms with Gasteiger partial charge < -0.3 is 62.0 Å². The van der Waals surface area contributed by atoms with E-state index in [0.29, 0.717) is 62.2 Å². The van der Waals surface area contributed by atoms with Crippen molar-refractivity contribution in [3.05, 3.63) is 118 Å². The van der Waals surface area contributed by atoms with E-state index in [9.17, 15) is 35.4 Å². The number of ketones is 2. The van der Waals surface area contributed by atoms with Gasteiger partial charge in [0.25, 0.3) is 0 Å². The average molecular weight is 1060 g/mol. The minimum atomic E-state index is -1.46. The van der Waals surface area contributed by atoms with Crippen molar-refractivity contribution in [2.75, 3.05) is 33.3 Å². The lowest BCUT2D eigenvalue weighted by Crippen LogP contribution is -2.65. The van der Waals surface area contributed by atoms with Gasteiger partial charge in [-0.25, -0.2) is 0 Å². The quantitative estimate of drug-likeness (QED) is 0.0417. The van der Waals surface area contributed by atoms with Gasteiger partial charge in [-0.15, -0.1) is 0 Å². The van der Waals surface area contributed by atoms with Crippen molar-refractivity contribution in [3.8, 4) is 23.3 Å². The molecule has 14 heteroatoms. The number of benzene rings is 3. The van der Waals surface area contributed by atoms with Crippen LogP contribution in [0.3, 0.4) is 0 Å². The zero-order valence-corrected chi connectivity index (χ0v) is 45.5. The minimum absolute atomic E-state index is 0.0122. The summed E-state index contributed by atoms with van der Waals surface area (Å²) >= 11 is 0. The highest BCUT2D eigenvalue weighted by Crippen LogP contribution is 2.65. The number of ether oxygens (including phenoxy) is 1. The molecule has 3 aromatic carbocycles. The van der Waals surface area contributed by atoms with E-state index in [1.807, 2.05) is 24.4 Å². The van der Waals surface area contributed by atoms with Crippen LogP contribution in [0.5, 0.6) is 11.5 Å². The first-order chi connectivity index (χ1) is 37.7. The summed E-state index contributed by atoms with van der Waals surface area (Å²) < 4.78 is 5.58. The fourth-order valence-electron chi connectivity index (χ4n) is 16.7. The molecule has 4 fully saturated rings. The number of aromatic hydroxyl groups is 1. The third kappa shape index (κ3) is 10.0. The molecule has 11 rings (SSSR count). The van der Waals surface area contributed by atoms with Crippen LogP contribution in [0.2, 0.25) is 0 Å². The molecule has 16 atom stereocenters. The normalized spacial score (nSPS) is 32.6. The average Bonchev–Trinajstić information content (AvgIpc) is 4.06. The molecule has 4 aromatic rings. The molecule has 3 heterocycles. The van der Waals surface area contributed by atoms with Crippen LogP contribution in [0.4, 0.5) is 0 Å². The van der Waals surface area contributed by atoms with Gasteiger partial charge >= 0.3 is 0 Å². The van der Waals surface area contributed by atoms with Crippen molar-refractivity contribution in [1.82, 2.24) is 20.9 Å². The van der Waals surface area contributed by atoms with E-state index >= 15 is 4.79 Å². The van der Waals surface area contributed by atoms with Crippen molar-refractivity contribution < 1.29 is 45.0 Å². The predicted molar refractivity (Wildman–Crippen MR) is 299 cm³/mol. The van der Waals surface area contributed by atoms with Crippen molar-refractivity contribution in [3.63, 3.8) is 0 Å². The third-order valence-electron chi connectivity index (χ3n) is 20.3. The van der Waals surface area contributed by atoms with Crippen molar-refractivity contribution in [2.45, 2.75) is 145 Å². The summed E-state index contributed by atoms with van der Waals surface area (Å²) in [5.74, 6) is 7.95. The Labute approximate surface area is 458 Å². The van der Waals surface area contributed by atoms with Gasteiger partial charge in [0.2, 0.25) is 0 Å². The summed E-state index contributed by atoms with van der Waals surface area (Å²) in [7, 11) is 1.48. The number of nitrogens with one attached hydrogen (secondary N) is 4.